The molecule has 15 heavy (non-hydrogen) atoms. The lowest BCUT2D eigenvalue weighted by atomic mass is 10.0. The highest BCUT2D eigenvalue weighted by Crippen LogP contribution is 2.18. The second kappa shape index (κ2) is 7.64. The number of hydrogen-bond donors (Lipinski definition) is 0. The molecule has 0 bridgehead atoms. The second-order valence-electron chi connectivity index (χ2n) is 4.37. The van der Waals surface area contributed by atoms with Crippen molar-refractivity contribution in [2.24, 2.45) is 0 Å². The molecule has 1 fully saturated rings. The Hall–Kier alpha value is 0.400. The molecule has 0 radical (unpaired) electrons. The Kier molecular flexibility index (Phi) is 6.86. The van der Waals surface area contributed by atoms with Crippen molar-refractivity contribution in [3.63, 3.8) is 0 Å². The summed E-state index contributed by atoms with van der Waals surface area (Å²) in [6.45, 7) is 10.7. The summed E-state index contributed by atoms with van der Waals surface area (Å²) in [4.78, 5) is 5.18. The molecular weight excluding hydrogens is 252 g/mol. The van der Waals surface area contributed by atoms with E-state index in [0.29, 0.717) is 0 Å². The summed E-state index contributed by atoms with van der Waals surface area (Å²) in [5, 5.41) is 1.14. The van der Waals surface area contributed by atoms with Gasteiger partial charge >= 0.3 is 0 Å². The molecule has 90 valence electrons. The molecule has 1 aliphatic heterocycles. The SMILES string of the molecule is CCN(CC)CCN1CCCCC1CBr. The van der Waals surface area contributed by atoms with Crippen LogP contribution in [0.4, 0.5) is 0 Å². The van der Waals surface area contributed by atoms with Crippen LogP contribution in [0.1, 0.15) is 33.1 Å². The lowest BCUT2D eigenvalue weighted by Gasteiger charge is -2.35. The van der Waals surface area contributed by atoms with E-state index in [1.54, 1.807) is 0 Å². The molecule has 0 saturated carbocycles. The van der Waals surface area contributed by atoms with Crippen LogP contribution in [0.2, 0.25) is 0 Å². The predicted octanol–water partition coefficient (Wildman–Crippen LogP) is 2.58. The summed E-state index contributed by atoms with van der Waals surface area (Å²) in [5.74, 6) is 0. The minimum absolute atomic E-state index is 0.786. The molecule has 1 atom stereocenters. The van der Waals surface area contributed by atoms with Crippen LogP contribution in [-0.2, 0) is 0 Å². The molecule has 0 N–H and O–H groups in total. The Balaban J connectivity index is 2.28. The first-order valence-electron chi connectivity index (χ1n) is 6.34. The van der Waals surface area contributed by atoms with Crippen LogP contribution in [0.3, 0.4) is 0 Å². The number of rotatable bonds is 6. The van der Waals surface area contributed by atoms with E-state index in [4.69, 9.17) is 0 Å². The maximum absolute atomic E-state index is 3.64. The quantitative estimate of drug-likeness (QED) is 0.689. The largest absolute Gasteiger partial charge is 0.303 e. The van der Waals surface area contributed by atoms with Crippen molar-refractivity contribution in [3.8, 4) is 0 Å². The molecule has 0 spiro atoms. The Labute approximate surface area is 103 Å². The van der Waals surface area contributed by atoms with Crippen molar-refractivity contribution in [1.82, 2.24) is 9.80 Å². The maximum Gasteiger partial charge on any atom is 0.0193 e. The van der Waals surface area contributed by atoms with Crippen molar-refractivity contribution >= 4 is 15.9 Å². The van der Waals surface area contributed by atoms with Gasteiger partial charge in [0.1, 0.15) is 0 Å². The first-order chi connectivity index (χ1) is 7.31. The molecule has 0 aromatic rings. The first-order valence-corrected chi connectivity index (χ1v) is 7.46. The van der Waals surface area contributed by atoms with E-state index in [1.807, 2.05) is 0 Å². The van der Waals surface area contributed by atoms with Crippen molar-refractivity contribution < 1.29 is 0 Å². The van der Waals surface area contributed by atoms with Crippen molar-refractivity contribution in [1.29, 1.82) is 0 Å². The molecule has 0 aliphatic carbocycles. The molecule has 0 amide bonds. The molecule has 1 rings (SSSR count). The lowest BCUT2D eigenvalue weighted by molar-refractivity contribution is 0.141. The van der Waals surface area contributed by atoms with Gasteiger partial charge in [-0.2, -0.15) is 0 Å². The van der Waals surface area contributed by atoms with Gasteiger partial charge in [-0.1, -0.05) is 36.2 Å². The van der Waals surface area contributed by atoms with Crippen LogP contribution in [-0.4, -0.2) is 53.9 Å². The molecule has 1 unspecified atom stereocenters. The van der Waals surface area contributed by atoms with Crippen molar-refractivity contribution in [2.45, 2.75) is 39.2 Å². The van der Waals surface area contributed by atoms with Gasteiger partial charge in [-0.05, 0) is 32.5 Å². The Morgan fingerprint density at radius 2 is 2.00 bits per heavy atom. The zero-order valence-corrected chi connectivity index (χ0v) is 11.8. The third-order valence-corrected chi connectivity index (χ3v) is 4.27. The van der Waals surface area contributed by atoms with E-state index < -0.39 is 0 Å². The first kappa shape index (κ1) is 13.5. The maximum atomic E-state index is 3.64. The minimum Gasteiger partial charge on any atom is -0.303 e. The van der Waals surface area contributed by atoms with E-state index >= 15 is 0 Å². The zero-order chi connectivity index (χ0) is 11.1. The van der Waals surface area contributed by atoms with E-state index in [1.165, 1.54) is 52.0 Å². The molecular formula is C12H25BrN2. The molecule has 1 heterocycles. The fourth-order valence-corrected chi connectivity index (χ4v) is 3.07. The Bertz CT molecular complexity index is 160. The number of alkyl halides is 1. The van der Waals surface area contributed by atoms with Gasteiger partial charge in [-0.15, -0.1) is 0 Å². The Morgan fingerprint density at radius 3 is 2.60 bits per heavy atom. The molecule has 0 aromatic carbocycles. The highest BCUT2D eigenvalue weighted by atomic mass is 79.9. The second-order valence-corrected chi connectivity index (χ2v) is 5.01. The standard InChI is InChI=1S/C12H25BrN2/c1-3-14(4-2)9-10-15-8-6-5-7-12(15)11-13/h12H,3-11H2,1-2H3. The van der Waals surface area contributed by atoms with Crippen LogP contribution in [0.25, 0.3) is 0 Å². The molecule has 0 aromatic heterocycles. The minimum atomic E-state index is 0.786. The third kappa shape index (κ3) is 4.41. The number of likely N-dealkylation sites (N-methyl/N-ethyl adjacent to an activating group) is 1. The van der Waals surface area contributed by atoms with Crippen molar-refractivity contribution in [3.05, 3.63) is 0 Å². The fourth-order valence-electron chi connectivity index (χ4n) is 2.34. The molecule has 1 aliphatic rings. The van der Waals surface area contributed by atoms with Crippen LogP contribution < -0.4 is 0 Å². The summed E-state index contributed by atoms with van der Waals surface area (Å²) in [7, 11) is 0. The van der Waals surface area contributed by atoms with Gasteiger partial charge in [0, 0.05) is 24.5 Å². The lowest BCUT2D eigenvalue weighted by Crippen LogP contribution is -2.44. The predicted molar refractivity (Wildman–Crippen MR) is 70.8 cm³/mol. The van der Waals surface area contributed by atoms with Gasteiger partial charge in [0.2, 0.25) is 0 Å². The summed E-state index contributed by atoms with van der Waals surface area (Å²) < 4.78 is 0. The van der Waals surface area contributed by atoms with E-state index in [-0.39, 0.29) is 0 Å². The van der Waals surface area contributed by atoms with Gasteiger partial charge in [0.05, 0.1) is 0 Å². The Morgan fingerprint density at radius 1 is 1.27 bits per heavy atom. The number of halogens is 1. The number of hydrogen-bond acceptors (Lipinski definition) is 2. The fraction of sp³-hybridized carbons (Fsp3) is 1.00. The summed E-state index contributed by atoms with van der Waals surface area (Å²) >= 11 is 3.64. The van der Waals surface area contributed by atoms with Gasteiger partial charge in [0.15, 0.2) is 0 Å². The highest BCUT2D eigenvalue weighted by molar-refractivity contribution is 9.09. The van der Waals surface area contributed by atoms with E-state index in [2.05, 4.69) is 39.6 Å². The van der Waals surface area contributed by atoms with Gasteiger partial charge in [-0.25, -0.2) is 0 Å². The molecule has 3 heteroatoms. The summed E-state index contributed by atoms with van der Waals surface area (Å²) in [5.41, 5.74) is 0. The van der Waals surface area contributed by atoms with E-state index in [9.17, 15) is 0 Å². The topological polar surface area (TPSA) is 6.48 Å². The van der Waals surface area contributed by atoms with Gasteiger partial charge in [-0.3, -0.25) is 4.90 Å². The van der Waals surface area contributed by atoms with Crippen LogP contribution >= 0.6 is 15.9 Å². The molecule has 2 nitrogen and oxygen atoms in total. The number of nitrogens with zero attached hydrogens (tertiary/aromatic N) is 2. The smallest absolute Gasteiger partial charge is 0.0193 e. The highest BCUT2D eigenvalue weighted by Gasteiger charge is 2.20. The van der Waals surface area contributed by atoms with Gasteiger partial charge < -0.3 is 4.90 Å². The van der Waals surface area contributed by atoms with Crippen LogP contribution in [0, 0.1) is 0 Å². The molecule has 1 saturated heterocycles. The zero-order valence-electron chi connectivity index (χ0n) is 10.2. The van der Waals surface area contributed by atoms with E-state index in [0.717, 1.165) is 11.4 Å². The summed E-state index contributed by atoms with van der Waals surface area (Å²) in [6.07, 6.45) is 4.18. The normalized spacial score (nSPS) is 23.6. The monoisotopic (exact) mass is 276 g/mol. The van der Waals surface area contributed by atoms with Crippen LogP contribution in [0.5, 0.6) is 0 Å². The number of piperidine rings is 1. The van der Waals surface area contributed by atoms with Crippen molar-refractivity contribution in [2.75, 3.05) is 38.1 Å². The average molecular weight is 277 g/mol. The van der Waals surface area contributed by atoms with Gasteiger partial charge in [0.25, 0.3) is 0 Å². The number of likely N-dealkylation sites (tertiary alicyclic amines) is 1. The van der Waals surface area contributed by atoms with Crippen LogP contribution in [0.15, 0.2) is 0 Å². The third-order valence-electron chi connectivity index (χ3n) is 3.53. The summed E-state index contributed by atoms with van der Waals surface area (Å²) in [6, 6.07) is 0.786. The average Bonchev–Trinajstić information content (AvgIpc) is 2.31.